The third kappa shape index (κ3) is 4.15. The maximum Gasteiger partial charge on any atom is 0.361 e. The van der Waals surface area contributed by atoms with Crippen molar-refractivity contribution in [3.8, 4) is 5.69 Å². The average molecular weight is 370 g/mol. The fourth-order valence-electron chi connectivity index (χ4n) is 2.34. The maximum absolute atomic E-state index is 12.2. The summed E-state index contributed by atoms with van der Waals surface area (Å²) in [5.74, 6) is -1.05. The topological polar surface area (TPSA) is 86.1 Å². The van der Waals surface area contributed by atoms with E-state index >= 15 is 0 Å². The molecule has 0 saturated carbocycles. The first-order valence-corrected chi connectivity index (χ1v) is 8.92. The fourth-order valence-corrected chi connectivity index (χ4v) is 3.07. The molecule has 0 bridgehead atoms. The number of nitrogens with one attached hydrogen (secondary N) is 1. The van der Waals surface area contributed by atoms with Gasteiger partial charge in [-0.1, -0.05) is 24.3 Å². The summed E-state index contributed by atoms with van der Waals surface area (Å²) in [6, 6.07) is 13.0. The number of para-hydroxylation sites is 1. The zero-order valence-corrected chi connectivity index (χ0v) is 15.2. The van der Waals surface area contributed by atoms with E-state index in [2.05, 4.69) is 15.5 Å². The maximum atomic E-state index is 12.2. The lowest BCUT2D eigenvalue weighted by Crippen LogP contribution is -2.30. The predicted octanol–water partition coefficient (Wildman–Crippen LogP) is 2.67. The number of hydrogen-bond donors (Lipinski definition) is 1. The van der Waals surface area contributed by atoms with Crippen LogP contribution in [0.15, 0.2) is 47.8 Å². The van der Waals surface area contributed by atoms with Crippen LogP contribution in [0.4, 0.5) is 0 Å². The summed E-state index contributed by atoms with van der Waals surface area (Å²) in [5, 5.41) is 13.1. The molecule has 1 amide bonds. The van der Waals surface area contributed by atoms with Crippen LogP contribution >= 0.6 is 11.3 Å². The zero-order chi connectivity index (χ0) is 18.5. The number of rotatable bonds is 6. The van der Waals surface area contributed by atoms with Crippen molar-refractivity contribution < 1.29 is 14.3 Å². The average Bonchev–Trinajstić information content (AvgIpc) is 3.30. The second-order valence-electron chi connectivity index (χ2n) is 5.64. The molecule has 7 nitrogen and oxygen atoms in total. The van der Waals surface area contributed by atoms with Gasteiger partial charge in [0, 0.05) is 4.88 Å². The van der Waals surface area contributed by atoms with Gasteiger partial charge in [-0.2, -0.15) is 9.90 Å². The second kappa shape index (κ2) is 7.92. The van der Waals surface area contributed by atoms with Gasteiger partial charge < -0.3 is 10.1 Å². The Balaban J connectivity index is 1.58. The minimum Gasteiger partial charge on any atom is -0.451 e. The van der Waals surface area contributed by atoms with E-state index in [-0.39, 0.29) is 24.2 Å². The van der Waals surface area contributed by atoms with Crippen LogP contribution < -0.4 is 5.32 Å². The van der Waals surface area contributed by atoms with Crippen molar-refractivity contribution in [2.75, 3.05) is 6.61 Å². The third-order valence-electron chi connectivity index (χ3n) is 3.64. The standard InChI is InChI=1S/C18H18N4O3S/c1-12(15-9-6-10-26-15)19-16(23)11-25-18(24)17-13(2)20-22(21-17)14-7-4-3-5-8-14/h3-10,12H,11H2,1-2H3,(H,19,23)/t12-/m0/s1. The molecule has 2 heterocycles. The molecular weight excluding hydrogens is 352 g/mol. The quantitative estimate of drug-likeness (QED) is 0.674. The van der Waals surface area contributed by atoms with Crippen LogP contribution in [0.5, 0.6) is 0 Å². The first-order chi connectivity index (χ1) is 12.5. The van der Waals surface area contributed by atoms with Crippen molar-refractivity contribution in [3.63, 3.8) is 0 Å². The number of carbonyl (C=O) groups excluding carboxylic acids is 2. The molecule has 1 N–H and O–H groups in total. The van der Waals surface area contributed by atoms with Gasteiger partial charge in [0.2, 0.25) is 0 Å². The van der Waals surface area contributed by atoms with Gasteiger partial charge in [-0.05, 0) is 37.4 Å². The van der Waals surface area contributed by atoms with Gasteiger partial charge in [0.05, 0.1) is 17.4 Å². The zero-order valence-electron chi connectivity index (χ0n) is 14.4. The van der Waals surface area contributed by atoms with E-state index in [1.807, 2.05) is 54.8 Å². The largest absolute Gasteiger partial charge is 0.451 e. The summed E-state index contributed by atoms with van der Waals surface area (Å²) in [7, 11) is 0. The van der Waals surface area contributed by atoms with Gasteiger partial charge >= 0.3 is 5.97 Å². The van der Waals surface area contributed by atoms with E-state index in [1.165, 1.54) is 4.80 Å². The molecule has 0 aliphatic rings. The lowest BCUT2D eigenvalue weighted by Gasteiger charge is -2.12. The van der Waals surface area contributed by atoms with Crippen LogP contribution in [0.25, 0.3) is 5.69 Å². The molecular formula is C18H18N4O3S. The Kier molecular flexibility index (Phi) is 5.43. The van der Waals surface area contributed by atoms with Crippen LogP contribution in [0.1, 0.15) is 34.0 Å². The van der Waals surface area contributed by atoms with Gasteiger partial charge in [-0.15, -0.1) is 16.4 Å². The molecule has 1 aromatic carbocycles. The SMILES string of the molecule is Cc1nn(-c2ccccc2)nc1C(=O)OCC(=O)N[C@@H](C)c1cccs1. The summed E-state index contributed by atoms with van der Waals surface area (Å²) in [6.45, 7) is 3.18. The fraction of sp³-hybridized carbons (Fsp3) is 0.222. The molecule has 2 aromatic heterocycles. The Morgan fingerprint density at radius 1 is 1.19 bits per heavy atom. The Morgan fingerprint density at radius 3 is 2.65 bits per heavy atom. The van der Waals surface area contributed by atoms with Gasteiger partial charge in [0.25, 0.3) is 5.91 Å². The third-order valence-corrected chi connectivity index (χ3v) is 4.70. The summed E-state index contributed by atoms with van der Waals surface area (Å²) in [4.78, 5) is 26.6. The van der Waals surface area contributed by atoms with E-state index in [9.17, 15) is 9.59 Å². The Labute approximate surface area is 154 Å². The van der Waals surface area contributed by atoms with Crippen molar-refractivity contribution in [2.45, 2.75) is 19.9 Å². The summed E-state index contributed by atoms with van der Waals surface area (Å²) >= 11 is 1.55. The smallest absolute Gasteiger partial charge is 0.361 e. The molecule has 3 rings (SSSR count). The number of aryl methyl sites for hydroxylation is 1. The van der Waals surface area contributed by atoms with Crippen LogP contribution in [0.3, 0.4) is 0 Å². The second-order valence-corrected chi connectivity index (χ2v) is 6.62. The number of nitrogens with zero attached hydrogens (tertiary/aromatic N) is 3. The molecule has 26 heavy (non-hydrogen) atoms. The van der Waals surface area contributed by atoms with E-state index in [0.29, 0.717) is 5.69 Å². The van der Waals surface area contributed by atoms with Crippen molar-refractivity contribution in [2.24, 2.45) is 0 Å². The molecule has 3 aromatic rings. The molecule has 0 spiro atoms. The highest BCUT2D eigenvalue weighted by molar-refractivity contribution is 7.10. The Hall–Kier alpha value is -3.00. The van der Waals surface area contributed by atoms with Gasteiger partial charge in [0.1, 0.15) is 0 Å². The van der Waals surface area contributed by atoms with E-state index in [1.54, 1.807) is 18.3 Å². The van der Waals surface area contributed by atoms with Gasteiger partial charge in [-0.25, -0.2) is 4.79 Å². The van der Waals surface area contributed by atoms with Crippen LogP contribution in [-0.4, -0.2) is 33.5 Å². The molecule has 0 saturated heterocycles. The van der Waals surface area contributed by atoms with Gasteiger partial charge in [-0.3, -0.25) is 4.79 Å². The molecule has 0 radical (unpaired) electrons. The number of hydrogen-bond acceptors (Lipinski definition) is 6. The first-order valence-electron chi connectivity index (χ1n) is 8.04. The van der Waals surface area contributed by atoms with E-state index < -0.39 is 5.97 Å². The van der Waals surface area contributed by atoms with Crippen LogP contribution in [0.2, 0.25) is 0 Å². The predicted molar refractivity (Wildman–Crippen MR) is 97.3 cm³/mol. The molecule has 0 fully saturated rings. The molecule has 0 unspecified atom stereocenters. The highest BCUT2D eigenvalue weighted by Crippen LogP contribution is 2.17. The normalized spacial score (nSPS) is 11.8. The number of ether oxygens (including phenoxy) is 1. The number of amides is 1. The number of esters is 1. The van der Waals surface area contributed by atoms with Crippen LogP contribution in [-0.2, 0) is 9.53 Å². The van der Waals surface area contributed by atoms with Crippen molar-refractivity contribution >= 4 is 23.2 Å². The van der Waals surface area contributed by atoms with E-state index in [0.717, 1.165) is 10.6 Å². The van der Waals surface area contributed by atoms with Crippen molar-refractivity contribution in [3.05, 3.63) is 64.1 Å². The summed E-state index contributed by atoms with van der Waals surface area (Å²) < 4.78 is 5.07. The van der Waals surface area contributed by atoms with Gasteiger partial charge in [0.15, 0.2) is 12.3 Å². The highest BCUT2D eigenvalue weighted by atomic mass is 32.1. The van der Waals surface area contributed by atoms with E-state index in [4.69, 9.17) is 4.74 Å². The molecule has 134 valence electrons. The molecule has 0 aliphatic carbocycles. The summed E-state index contributed by atoms with van der Waals surface area (Å²) in [5.41, 5.74) is 1.26. The monoisotopic (exact) mass is 370 g/mol. The number of carbonyl (C=O) groups is 2. The highest BCUT2D eigenvalue weighted by Gasteiger charge is 2.19. The summed E-state index contributed by atoms with van der Waals surface area (Å²) in [6.07, 6.45) is 0. The Bertz CT molecular complexity index is 891. The van der Waals surface area contributed by atoms with Crippen molar-refractivity contribution in [1.82, 2.24) is 20.3 Å². The lowest BCUT2D eigenvalue weighted by atomic mass is 10.3. The first kappa shape index (κ1) is 17.8. The lowest BCUT2D eigenvalue weighted by molar-refractivity contribution is -0.124. The number of aromatic nitrogens is 3. The molecule has 1 atom stereocenters. The number of thiophene rings is 1. The van der Waals surface area contributed by atoms with Crippen LogP contribution in [0, 0.1) is 6.92 Å². The molecule has 8 heteroatoms. The minimum atomic E-state index is -0.677. The number of benzene rings is 1. The minimum absolute atomic E-state index is 0.0907. The Morgan fingerprint density at radius 2 is 1.96 bits per heavy atom. The molecule has 0 aliphatic heterocycles. The van der Waals surface area contributed by atoms with Crippen molar-refractivity contribution in [1.29, 1.82) is 0 Å².